The lowest BCUT2D eigenvalue weighted by Crippen LogP contribution is -2.40. The molecule has 0 unspecified atom stereocenters. The van der Waals surface area contributed by atoms with Gasteiger partial charge in [-0.2, -0.15) is 4.98 Å². The SMILES string of the molecule is COc1ccc(-c2noc(CN3CCC(C(=O)NCc4ccc(N5CCOCC5)cc4)CC3)n2)cc1. The molecule has 0 spiro atoms. The van der Waals surface area contributed by atoms with Crippen molar-refractivity contribution in [3.8, 4) is 17.1 Å². The molecule has 2 saturated heterocycles. The van der Waals surface area contributed by atoms with Crippen molar-refractivity contribution < 1.29 is 18.8 Å². The Balaban J connectivity index is 1.05. The van der Waals surface area contributed by atoms with Crippen LogP contribution in [0.15, 0.2) is 53.1 Å². The van der Waals surface area contributed by atoms with E-state index in [9.17, 15) is 4.79 Å². The average molecular weight is 492 g/mol. The maximum atomic E-state index is 12.8. The third-order valence-electron chi connectivity index (χ3n) is 6.91. The van der Waals surface area contributed by atoms with Gasteiger partial charge >= 0.3 is 0 Å². The Bertz CT molecular complexity index is 1120. The van der Waals surface area contributed by atoms with Crippen molar-refractivity contribution in [2.24, 2.45) is 5.92 Å². The molecule has 0 bridgehead atoms. The van der Waals surface area contributed by atoms with Crippen LogP contribution < -0.4 is 15.0 Å². The third kappa shape index (κ3) is 6.03. The van der Waals surface area contributed by atoms with Gasteiger partial charge in [0.05, 0.1) is 26.9 Å². The molecule has 2 aromatic carbocycles. The maximum absolute atomic E-state index is 12.8. The number of morpholine rings is 1. The summed E-state index contributed by atoms with van der Waals surface area (Å²) in [6.07, 6.45) is 1.64. The summed E-state index contributed by atoms with van der Waals surface area (Å²) in [4.78, 5) is 21.9. The summed E-state index contributed by atoms with van der Waals surface area (Å²) in [5, 5.41) is 7.23. The van der Waals surface area contributed by atoms with Crippen LogP contribution in [0, 0.1) is 5.92 Å². The number of benzene rings is 2. The number of amides is 1. The van der Waals surface area contributed by atoms with Crippen LogP contribution >= 0.6 is 0 Å². The first-order chi connectivity index (χ1) is 17.7. The normalized spacial score (nSPS) is 17.2. The predicted octanol–water partition coefficient (Wildman–Crippen LogP) is 3.11. The van der Waals surface area contributed by atoms with E-state index in [-0.39, 0.29) is 11.8 Å². The number of nitrogens with one attached hydrogen (secondary N) is 1. The summed E-state index contributed by atoms with van der Waals surface area (Å²) >= 11 is 0. The van der Waals surface area contributed by atoms with Gasteiger partial charge in [-0.05, 0) is 67.9 Å². The zero-order valence-electron chi connectivity index (χ0n) is 20.7. The van der Waals surface area contributed by atoms with E-state index in [1.165, 1.54) is 5.69 Å². The van der Waals surface area contributed by atoms with Crippen molar-refractivity contribution in [2.45, 2.75) is 25.9 Å². The Morgan fingerprint density at radius 1 is 1.03 bits per heavy atom. The van der Waals surface area contributed by atoms with E-state index in [0.29, 0.717) is 24.8 Å². The zero-order valence-corrected chi connectivity index (χ0v) is 20.7. The molecule has 2 aliphatic rings. The molecule has 5 rings (SSSR count). The van der Waals surface area contributed by atoms with Crippen LogP contribution in [0.2, 0.25) is 0 Å². The number of piperidine rings is 1. The Kier molecular flexibility index (Phi) is 7.78. The highest BCUT2D eigenvalue weighted by Crippen LogP contribution is 2.22. The number of ether oxygens (including phenoxy) is 2. The minimum atomic E-state index is 0.0337. The van der Waals surface area contributed by atoms with Crippen LogP contribution in [-0.4, -0.2) is 67.5 Å². The smallest absolute Gasteiger partial charge is 0.241 e. The van der Waals surface area contributed by atoms with Crippen LogP contribution in [-0.2, 0) is 22.6 Å². The molecule has 1 N–H and O–H groups in total. The fourth-order valence-electron chi connectivity index (χ4n) is 4.70. The fourth-order valence-corrected chi connectivity index (χ4v) is 4.70. The number of aromatic nitrogens is 2. The van der Waals surface area contributed by atoms with Crippen molar-refractivity contribution in [2.75, 3.05) is 51.4 Å². The number of anilines is 1. The summed E-state index contributed by atoms with van der Waals surface area (Å²) in [5.41, 5.74) is 3.21. The average Bonchev–Trinajstić information content (AvgIpc) is 3.41. The minimum absolute atomic E-state index is 0.0337. The van der Waals surface area contributed by atoms with Gasteiger partial charge in [-0.25, -0.2) is 0 Å². The number of carbonyl (C=O) groups excluding carboxylic acids is 1. The molecule has 0 saturated carbocycles. The van der Waals surface area contributed by atoms with Crippen LogP contribution in [0.1, 0.15) is 24.3 Å². The van der Waals surface area contributed by atoms with E-state index in [1.54, 1.807) is 7.11 Å². The fraction of sp³-hybridized carbons (Fsp3) is 0.444. The number of methoxy groups -OCH3 is 1. The highest BCUT2D eigenvalue weighted by molar-refractivity contribution is 5.78. The van der Waals surface area contributed by atoms with E-state index in [0.717, 1.165) is 69.1 Å². The van der Waals surface area contributed by atoms with Crippen LogP contribution in [0.4, 0.5) is 5.69 Å². The van der Waals surface area contributed by atoms with Gasteiger partial charge in [0, 0.05) is 36.8 Å². The molecule has 9 heteroatoms. The van der Waals surface area contributed by atoms with Gasteiger partial charge in [0.15, 0.2) is 0 Å². The molecule has 1 amide bonds. The largest absolute Gasteiger partial charge is 0.497 e. The number of likely N-dealkylation sites (tertiary alicyclic amines) is 1. The Morgan fingerprint density at radius 3 is 2.44 bits per heavy atom. The molecule has 1 aromatic heterocycles. The Morgan fingerprint density at radius 2 is 1.75 bits per heavy atom. The minimum Gasteiger partial charge on any atom is -0.497 e. The summed E-state index contributed by atoms with van der Waals surface area (Å²) in [6.45, 7) is 6.19. The predicted molar refractivity (Wildman–Crippen MR) is 136 cm³/mol. The Labute approximate surface area is 211 Å². The summed E-state index contributed by atoms with van der Waals surface area (Å²) in [5.74, 6) is 2.11. The summed E-state index contributed by atoms with van der Waals surface area (Å²) in [6, 6.07) is 16.0. The molecule has 190 valence electrons. The molecule has 36 heavy (non-hydrogen) atoms. The maximum Gasteiger partial charge on any atom is 0.241 e. The van der Waals surface area contributed by atoms with Gasteiger partial charge < -0.3 is 24.2 Å². The lowest BCUT2D eigenvalue weighted by atomic mass is 9.96. The molecule has 3 heterocycles. The first-order valence-electron chi connectivity index (χ1n) is 12.6. The molecule has 0 atom stereocenters. The molecule has 0 aliphatic carbocycles. The lowest BCUT2D eigenvalue weighted by molar-refractivity contribution is -0.126. The van der Waals surface area contributed by atoms with E-state index in [2.05, 4.69) is 49.5 Å². The second kappa shape index (κ2) is 11.5. The van der Waals surface area contributed by atoms with Crippen molar-refractivity contribution >= 4 is 11.6 Å². The van der Waals surface area contributed by atoms with E-state index in [4.69, 9.17) is 14.0 Å². The van der Waals surface area contributed by atoms with Gasteiger partial charge in [-0.3, -0.25) is 9.69 Å². The molecule has 2 fully saturated rings. The molecule has 0 radical (unpaired) electrons. The quantitative estimate of drug-likeness (QED) is 0.514. The van der Waals surface area contributed by atoms with Crippen LogP contribution in [0.3, 0.4) is 0 Å². The highest BCUT2D eigenvalue weighted by atomic mass is 16.5. The lowest BCUT2D eigenvalue weighted by Gasteiger charge is -2.30. The van der Waals surface area contributed by atoms with Crippen molar-refractivity contribution in [3.63, 3.8) is 0 Å². The van der Waals surface area contributed by atoms with Crippen molar-refractivity contribution in [3.05, 3.63) is 60.0 Å². The Hall–Kier alpha value is -3.43. The van der Waals surface area contributed by atoms with Gasteiger partial charge in [0.25, 0.3) is 0 Å². The third-order valence-corrected chi connectivity index (χ3v) is 6.91. The first kappa shape index (κ1) is 24.3. The number of hydrogen-bond donors (Lipinski definition) is 1. The van der Waals surface area contributed by atoms with E-state index >= 15 is 0 Å². The van der Waals surface area contributed by atoms with Gasteiger partial charge in [-0.15, -0.1) is 0 Å². The summed E-state index contributed by atoms with van der Waals surface area (Å²) < 4.78 is 16.1. The van der Waals surface area contributed by atoms with Crippen molar-refractivity contribution in [1.29, 1.82) is 0 Å². The van der Waals surface area contributed by atoms with Crippen LogP contribution in [0.25, 0.3) is 11.4 Å². The van der Waals surface area contributed by atoms with E-state index in [1.807, 2.05) is 24.3 Å². The number of carbonyl (C=O) groups is 1. The molecular formula is C27H33N5O4. The van der Waals surface area contributed by atoms with Crippen LogP contribution in [0.5, 0.6) is 5.75 Å². The molecule has 2 aliphatic heterocycles. The van der Waals surface area contributed by atoms with Gasteiger partial charge in [0.1, 0.15) is 5.75 Å². The molecule has 9 nitrogen and oxygen atoms in total. The standard InChI is InChI=1S/C27H33N5O4/c1-34-24-8-4-21(5-9-24)26-29-25(36-30-26)19-31-12-10-22(11-13-31)27(33)28-18-20-2-6-23(7-3-20)32-14-16-35-17-15-32/h2-9,22H,10-19H2,1H3,(H,28,33). The van der Waals surface area contributed by atoms with Gasteiger partial charge in [-0.1, -0.05) is 17.3 Å². The number of rotatable bonds is 8. The monoisotopic (exact) mass is 491 g/mol. The molecular weight excluding hydrogens is 458 g/mol. The van der Waals surface area contributed by atoms with E-state index < -0.39 is 0 Å². The first-order valence-corrected chi connectivity index (χ1v) is 12.6. The number of hydrogen-bond acceptors (Lipinski definition) is 8. The highest BCUT2D eigenvalue weighted by Gasteiger charge is 2.26. The zero-order chi connectivity index (χ0) is 24.7. The second-order valence-corrected chi connectivity index (χ2v) is 9.27. The summed E-state index contributed by atoms with van der Waals surface area (Å²) in [7, 11) is 1.64. The topological polar surface area (TPSA) is 93.0 Å². The van der Waals surface area contributed by atoms with Crippen molar-refractivity contribution in [1.82, 2.24) is 20.4 Å². The number of nitrogens with zero attached hydrogens (tertiary/aromatic N) is 4. The molecule has 3 aromatic rings. The van der Waals surface area contributed by atoms with Gasteiger partial charge in [0.2, 0.25) is 17.6 Å². The second-order valence-electron chi connectivity index (χ2n) is 9.27.